The maximum Gasteiger partial charge on any atom is 0.237 e. The van der Waals surface area contributed by atoms with Crippen LogP contribution in [0, 0.1) is 5.92 Å². The number of nitrogens with two attached hydrogens (primary N) is 1. The summed E-state index contributed by atoms with van der Waals surface area (Å²) >= 11 is 7.45. The van der Waals surface area contributed by atoms with Gasteiger partial charge in [0.1, 0.15) is 0 Å². The van der Waals surface area contributed by atoms with Crippen LogP contribution in [0.1, 0.15) is 20.8 Å². The number of halogens is 1. The lowest BCUT2D eigenvalue weighted by molar-refractivity contribution is -0.115. The van der Waals surface area contributed by atoms with E-state index >= 15 is 0 Å². The zero-order valence-electron chi connectivity index (χ0n) is 10.9. The number of nitrogen functional groups attached to an aromatic ring is 1. The van der Waals surface area contributed by atoms with Gasteiger partial charge in [0.15, 0.2) is 0 Å². The summed E-state index contributed by atoms with van der Waals surface area (Å²) < 4.78 is 0. The summed E-state index contributed by atoms with van der Waals surface area (Å²) in [7, 11) is 0. The predicted molar refractivity (Wildman–Crippen MR) is 81.3 cm³/mol. The minimum atomic E-state index is -0.0949. The van der Waals surface area contributed by atoms with Gasteiger partial charge in [-0.2, -0.15) is 0 Å². The molecular weight excluding hydrogens is 268 g/mol. The number of carbonyl (C=O) groups is 1. The third-order valence-electron chi connectivity index (χ3n) is 2.32. The van der Waals surface area contributed by atoms with Crippen molar-refractivity contribution >= 4 is 40.6 Å². The lowest BCUT2D eigenvalue weighted by Gasteiger charge is -2.14. The van der Waals surface area contributed by atoms with E-state index in [0.29, 0.717) is 22.3 Å². The van der Waals surface area contributed by atoms with Crippen molar-refractivity contribution in [2.24, 2.45) is 5.92 Å². The van der Waals surface area contributed by atoms with E-state index in [2.05, 4.69) is 19.2 Å². The van der Waals surface area contributed by atoms with Gasteiger partial charge in [-0.3, -0.25) is 4.79 Å². The zero-order chi connectivity index (χ0) is 13.7. The van der Waals surface area contributed by atoms with E-state index in [4.69, 9.17) is 17.3 Å². The fourth-order valence-electron chi connectivity index (χ4n) is 1.29. The van der Waals surface area contributed by atoms with Crippen LogP contribution >= 0.6 is 23.4 Å². The van der Waals surface area contributed by atoms with Crippen LogP contribution in [-0.4, -0.2) is 16.9 Å². The molecule has 0 fully saturated rings. The lowest BCUT2D eigenvalue weighted by atomic mass is 10.2. The highest BCUT2D eigenvalue weighted by Crippen LogP contribution is 2.24. The number of hydrogen-bond donors (Lipinski definition) is 2. The number of rotatable bonds is 5. The third-order valence-corrected chi connectivity index (χ3v) is 4.13. The van der Waals surface area contributed by atoms with Crippen molar-refractivity contribution in [3.63, 3.8) is 0 Å². The molecule has 18 heavy (non-hydrogen) atoms. The average molecular weight is 287 g/mol. The Morgan fingerprint density at radius 2 is 2.11 bits per heavy atom. The van der Waals surface area contributed by atoms with Crippen molar-refractivity contribution in [2.75, 3.05) is 16.8 Å². The Morgan fingerprint density at radius 3 is 2.67 bits per heavy atom. The molecule has 1 aromatic rings. The fraction of sp³-hybridized carbons (Fsp3) is 0.462. The molecule has 0 bridgehead atoms. The van der Waals surface area contributed by atoms with E-state index < -0.39 is 0 Å². The molecule has 0 aromatic heterocycles. The second-order valence-electron chi connectivity index (χ2n) is 4.59. The molecule has 0 aliphatic carbocycles. The molecule has 3 nitrogen and oxygen atoms in total. The number of benzene rings is 1. The van der Waals surface area contributed by atoms with Gasteiger partial charge < -0.3 is 11.1 Å². The number of nitrogens with one attached hydrogen (secondary N) is 1. The van der Waals surface area contributed by atoms with Crippen molar-refractivity contribution in [3.8, 4) is 0 Å². The van der Waals surface area contributed by atoms with Gasteiger partial charge in [0.2, 0.25) is 5.91 Å². The van der Waals surface area contributed by atoms with Crippen molar-refractivity contribution in [2.45, 2.75) is 26.0 Å². The average Bonchev–Trinajstić information content (AvgIpc) is 2.29. The number of anilines is 2. The second kappa shape index (κ2) is 6.90. The van der Waals surface area contributed by atoms with E-state index in [1.54, 1.807) is 30.0 Å². The van der Waals surface area contributed by atoms with Gasteiger partial charge in [0.05, 0.1) is 16.6 Å². The first-order valence-corrected chi connectivity index (χ1v) is 7.30. The van der Waals surface area contributed by atoms with Gasteiger partial charge in [-0.1, -0.05) is 25.4 Å². The number of thioether (sulfide) groups is 1. The summed E-state index contributed by atoms with van der Waals surface area (Å²) in [6, 6.07) is 5.05. The highest BCUT2D eigenvalue weighted by atomic mass is 35.5. The standard InChI is InChI=1S/C13H19ClN2OS/c1-8(2)7-18-9(3)13(17)16-12-5-4-10(14)6-11(12)15/h4-6,8-9H,7,15H2,1-3H3,(H,16,17). The van der Waals surface area contributed by atoms with Crippen LogP contribution in [0.4, 0.5) is 11.4 Å². The Kier molecular flexibility index (Phi) is 5.82. The van der Waals surface area contributed by atoms with Gasteiger partial charge in [-0.25, -0.2) is 0 Å². The molecule has 0 spiro atoms. The Morgan fingerprint density at radius 1 is 1.44 bits per heavy atom. The molecule has 1 atom stereocenters. The summed E-state index contributed by atoms with van der Waals surface area (Å²) in [5, 5.41) is 3.29. The highest BCUT2D eigenvalue weighted by Gasteiger charge is 2.15. The Balaban J connectivity index is 2.58. The quantitative estimate of drug-likeness (QED) is 0.813. The molecule has 100 valence electrons. The molecule has 0 aliphatic rings. The van der Waals surface area contributed by atoms with Gasteiger partial charge in [0.25, 0.3) is 0 Å². The van der Waals surface area contributed by atoms with Gasteiger partial charge in [0, 0.05) is 5.02 Å². The van der Waals surface area contributed by atoms with Gasteiger partial charge in [-0.05, 0) is 36.8 Å². The molecule has 0 saturated carbocycles. The van der Waals surface area contributed by atoms with Crippen LogP contribution in [0.25, 0.3) is 0 Å². The normalized spacial score (nSPS) is 12.5. The number of carbonyl (C=O) groups excluding carboxylic acids is 1. The smallest absolute Gasteiger partial charge is 0.237 e. The first-order chi connectivity index (χ1) is 8.40. The molecule has 0 heterocycles. The molecule has 1 unspecified atom stereocenters. The Hall–Kier alpha value is -0.870. The zero-order valence-corrected chi connectivity index (χ0v) is 12.4. The molecule has 1 aromatic carbocycles. The summed E-state index contributed by atoms with van der Waals surface area (Å²) in [6.45, 7) is 6.16. The molecule has 0 radical (unpaired) electrons. The van der Waals surface area contributed by atoms with Crippen LogP contribution in [0.15, 0.2) is 18.2 Å². The molecule has 0 aliphatic heterocycles. The lowest BCUT2D eigenvalue weighted by Crippen LogP contribution is -2.23. The summed E-state index contributed by atoms with van der Waals surface area (Å²) in [5.41, 5.74) is 6.88. The Labute approximate surface area is 117 Å². The first-order valence-electron chi connectivity index (χ1n) is 5.87. The maximum absolute atomic E-state index is 11.9. The molecule has 0 saturated heterocycles. The van der Waals surface area contributed by atoms with Crippen molar-refractivity contribution in [1.29, 1.82) is 0 Å². The fourth-order valence-corrected chi connectivity index (χ4v) is 2.36. The number of hydrogen-bond acceptors (Lipinski definition) is 3. The van der Waals surface area contributed by atoms with Crippen molar-refractivity contribution in [3.05, 3.63) is 23.2 Å². The minimum absolute atomic E-state index is 0.0327. The molecular formula is C13H19ClN2OS. The van der Waals surface area contributed by atoms with E-state index in [0.717, 1.165) is 5.75 Å². The van der Waals surface area contributed by atoms with Gasteiger partial charge >= 0.3 is 0 Å². The topological polar surface area (TPSA) is 55.1 Å². The molecule has 3 N–H and O–H groups in total. The van der Waals surface area contributed by atoms with Crippen molar-refractivity contribution < 1.29 is 4.79 Å². The maximum atomic E-state index is 11.9. The van der Waals surface area contributed by atoms with E-state index in [-0.39, 0.29) is 11.2 Å². The predicted octanol–water partition coefficient (Wildman–Crippen LogP) is 3.64. The highest BCUT2D eigenvalue weighted by molar-refractivity contribution is 8.00. The molecule has 1 rings (SSSR count). The summed E-state index contributed by atoms with van der Waals surface area (Å²) in [5.74, 6) is 1.51. The van der Waals surface area contributed by atoms with Crippen LogP contribution in [-0.2, 0) is 4.79 Å². The SMILES string of the molecule is CC(C)CSC(C)C(=O)Nc1ccc(Cl)cc1N. The molecule has 1 amide bonds. The third kappa shape index (κ3) is 4.78. The van der Waals surface area contributed by atoms with E-state index in [9.17, 15) is 4.79 Å². The van der Waals surface area contributed by atoms with Crippen LogP contribution in [0.2, 0.25) is 5.02 Å². The van der Waals surface area contributed by atoms with Crippen LogP contribution in [0.5, 0.6) is 0 Å². The van der Waals surface area contributed by atoms with Crippen molar-refractivity contribution in [1.82, 2.24) is 0 Å². The van der Waals surface area contributed by atoms with Crippen LogP contribution < -0.4 is 11.1 Å². The van der Waals surface area contributed by atoms with E-state index in [1.165, 1.54) is 0 Å². The minimum Gasteiger partial charge on any atom is -0.397 e. The summed E-state index contributed by atoms with van der Waals surface area (Å²) in [6.07, 6.45) is 0. The molecule has 5 heteroatoms. The number of amides is 1. The Bertz CT molecular complexity index is 423. The van der Waals surface area contributed by atoms with Gasteiger partial charge in [-0.15, -0.1) is 11.8 Å². The summed E-state index contributed by atoms with van der Waals surface area (Å²) in [4.78, 5) is 11.9. The van der Waals surface area contributed by atoms with Crippen LogP contribution in [0.3, 0.4) is 0 Å². The largest absolute Gasteiger partial charge is 0.397 e. The second-order valence-corrected chi connectivity index (χ2v) is 6.40. The monoisotopic (exact) mass is 286 g/mol. The first kappa shape index (κ1) is 15.2. The van der Waals surface area contributed by atoms with E-state index in [1.807, 2.05) is 6.92 Å².